The molecule has 0 radical (unpaired) electrons. The second-order valence-electron chi connectivity index (χ2n) is 4.15. The van der Waals surface area contributed by atoms with Gasteiger partial charge in [0, 0.05) is 13.6 Å². The standard InChI is InChI=1S/C12H13FN4O2/c1-8-11(17(18)19)12(16(2)15-8)14-7-9-4-3-5-10(13)6-9/h3-6,14H,7H2,1-2H3. The molecule has 7 heteroatoms. The SMILES string of the molecule is Cc1nn(C)c(NCc2cccc(F)c2)c1[N+](=O)[O-]. The topological polar surface area (TPSA) is 73.0 Å². The van der Waals surface area contributed by atoms with Gasteiger partial charge in [-0.2, -0.15) is 5.10 Å². The zero-order chi connectivity index (χ0) is 14.0. The summed E-state index contributed by atoms with van der Waals surface area (Å²) in [4.78, 5) is 10.5. The van der Waals surface area contributed by atoms with Crippen LogP contribution in [0.25, 0.3) is 0 Å². The van der Waals surface area contributed by atoms with E-state index < -0.39 is 4.92 Å². The smallest absolute Gasteiger partial charge is 0.333 e. The number of rotatable bonds is 4. The second kappa shape index (κ2) is 5.05. The van der Waals surface area contributed by atoms with Crippen LogP contribution < -0.4 is 5.32 Å². The fourth-order valence-corrected chi connectivity index (χ4v) is 1.90. The molecular weight excluding hydrogens is 251 g/mol. The maximum Gasteiger partial charge on any atom is 0.333 e. The Hall–Kier alpha value is -2.44. The number of nitro groups is 1. The number of benzene rings is 1. The molecule has 0 amide bonds. The molecule has 100 valence electrons. The maximum atomic E-state index is 13.0. The summed E-state index contributed by atoms with van der Waals surface area (Å²) in [5, 5.41) is 17.9. The summed E-state index contributed by atoms with van der Waals surface area (Å²) in [5.74, 6) is -0.0262. The highest BCUT2D eigenvalue weighted by molar-refractivity contribution is 5.59. The fraction of sp³-hybridized carbons (Fsp3) is 0.250. The Kier molecular flexibility index (Phi) is 3.46. The summed E-state index contributed by atoms with van der Waals surface area (Å²) < 4.78 is 14.4. The second-order valence-corrected chi connectivity index (χ2v) is 4.15. The summed E-state index contributed by atoms with van der Waals surface area (Å²) in [7, 11) is 1.62. The minimum absolute atomic E-state index is 0.0566. The summed E-state index contributed by atoms with van der Waals surface area (Å²) in [6.07, 6.45) is 0. The zero-order valence-electron chi connectivity index (χ0n) is 10.6. The van der Waals surface area contributed by atoms with Crippen molar-refractivity contribution in [3.05, 3.63) is 51.5 Å². The van der Waals surface area contributed by atoms with Gasteiger partial charge in [0.25, 0.3) is 0 Å². The molecule has 0 unspecified atom stereocenters. The van der Waals surface area contributed by atoms with Gasteiger partial charge in [-0.1, -0.05) is 12.1 Å². The predicted octanol–water partition coefficient (Wildman–Crippen LogP) is 2.39. The maximum absolute atomic E-state index is 13.0. The predicted molar refractivity (Wildman–Crippen MR) is 68.3 cm³/mol. The molecule has 1 aromatic carbocycles. The average molecular weight is 264 g/mol. The number of anilines is 1. The summed E-state index contributed by atoms with van der Waals surface area (Å²) in [6, 6.07) is 6.06. The van der Waals surface area contributed by atoms with Crippen LogP contribution in [0.3, 0.4) is 0 Å². The number of nitrogens with zero attached hydrogens (tertiary/aromatic N) is 3. The first kappa shape index (κ1) is 13.0. The number of aryl methyl sites for hydroxylation is 2. The van der Waals surface area contributed by atoms with Crippen LogP contribution in [0.2, 0.25) is 0 Å². The van der Waals surface area contributed by atoms with E-state index in [2.05, 4.69) is 10.4 Å². The van der Waals surface area contributed by atoms with Crippen LogP contribution in [0.1, 0.15) is 11.3 Å². The van der Waals surface area contributed by atoms with Crippen LogP contribution >= 0.6 is 0 Å². The number of nitrogens with one attached hydrogen (secondary N) is 1. The van der Waals surface area contributed by atoms with Crippen LogP contribution in [0.5, 0.6) is 0 Å². The third kappa shape index (κ3) is 2.70. The Bertz CT molecular complexity index is 624. The number of halogens is 1. The summed E-state index contributed by atoms with van der Waals surface area (Å²) in [5.41, 5.74) is 0.987. The van der Waals surface area contributed by atoms with Crippen molar-refractivity contribution in [3.8, 4) is 0 Å². The summed E-state index contributed by atoms with van der Waals surface area (Å²) >= 11 is 0. The van der Waals surface area contributed by atoms with E-state index in [1.165, 1.54) is 16.8 Å². The largest absolute Gasteiger partial charge is 0.360 e. The molecular formula is C12H13FN4O2. The molecule has 0 bridgehead atoms. The first-order valence-electron chi connectivity index (χ1n) is 5.65. The minimum Gasteiger partial charge on any atom is -0.360 e. The molecule has 0 saturated carbocycles. The highest BCUT2D eigenvalue weighted by Gasteiger charge is 2.23. The Morgan fingerprint density at radius 2 is 2.26 bits per heavy atom. The van der Waals surface area contributed by atoms with Gasteiger partial charge in [0.15, 0.2) is 0 Å². The molecule has 6 nitrogen and oxygen atoms in total. The monoisotopic (exact) mass is 264 g/mol. The summed E-state index contributed by atoms with van der Waals surface area (Å²) in [6.45, 7) is 1.86. The lowest BCUT2D eigenvalue weighted by Gasteiger charge is -2.06. The minimum atomic E-state index is -0.476. The molecule has 2 aromatic rings. The Labute approximate surface area is 109 Å². The van der Waals surface area contributed by atoms with Crippen molar-refractivity contribution in [1.29, 1.82) is 0 Å². The fourth-order valence-electron chi connectivity index (χ4n) is 1.90. The lowest BCUT2D eigenvalue weighted by Crippen LogP contribution is -2.06. The van der Waals surface area contributed by atoms with Gasteiger partial charge >= 0.3 is 5.69 Å². The van der Waals surface area contributed by atoms with Crippen LogP contribution in [0.4, 0.5) is 15.9 Å². The molecule has 1 heterocycles. The quantitative estimate of drug-likeness (QED) is 0.679. The van der Waals surface area contributed by atoms with Crippen molar-refractivity contribution in [2.24, 2.45) is 7.05 Å². The Morgan fingerprint density at radius 3 is 2.89 bits per heavy atom. The number of hydrogen-bond acceptors (Lipinski definition) is 4. The van der Waals surface area contributed by atoms with Crippen molar-refractivity contribution in [2.45, 2.75) is 13.5 Å². The van der Waals surface area contributed by atoms with Crippen molar-refractivity contribution in [1.82, 2.24) is 9.78 Å². The molecule has 1 aromatic heterocycles. The molecule has 0 atom stereocenters. The van der Waals surface area contributed by atoms with Crippen molar-refractivity contribution in [2.75, 3.05) is 5.32 Å². The molecule has 0 fully saturated rings. The lowest BCUT2D eigenvalue weighted by atomic mass is 10.2. The van der Waals surface area contributed by atoms with Crippen LogP contribution in [0.15, 0.2) is 24.3 Å². The van der Waals surface area contributed by atoms with Gasteiger partial charge in [-0.3, -0.25) is 10.1 Å². The van der Waals surface area contributed by atoms with Gasteiger partial charge in [0.2, 0.25) is 5.82 Å². The van der Waals surface area contributed by atoms with Gasteiger partial charge in [0.05, 0.1) is 4.92 Å². The highest BCUT2D eigenvalue weighted by Crippen LogP contribution is 2.27. The normalized spacial score (nSPS) is 10.5. The van der Waals surface area contributed by atoms with E-state index in [-0.39, 0.29) is 18.0 Å². The molecule has 0 saturated heterocycles. The van der Waals surface area contributed by atoms with E-state index in [0.29, 0.717) is 17.1 Å². The third-order valence-electron chi connectivity index (χ3n) is 2.72. The first-order valence-corrected chi connectivity index (χ1v) is 5.65. The highest BCUT2D eigenvalue weighted by atomic mass is 19.1. The molecule has 2 rings (SSSR count). The van der Waals surface area contributed by atoms with Crippen molar-refractivity contribution >= 4 is 11.5 Å². The van der Waals surface area contributed by atoms with Crippen LogP contribution in [-0.2, 0) is 13.6 Å². The molecule has 19 heavy (non-hydrogen) atoms. The molecule has 0 aliphatic rings. The van der Waals surface area contributed by atoms with E-state index in [4.69, 9.17) is 0 Å². The van der Waals surface area contributed by atoms with Gasteiger partial charge in [-0.05, 0) is 24.6 Å². The first-order chi connectivity index (χ1) is 8.99. The average Bonchev–Trinajstić information content (AvgIpc) is 2.61. The molecule has 0 aliphatic carbocycles. The third-order valence-corrected chi connectivity index (χ3v) is 2.72. The lowest BCUT2D eigenvalue weighted by molar-refractivity contribution is -0.384. The van der Waals surface area contributed by atoms with E-state index in [9.17, 15) is 14.5 Å². The van der Waals surface area contributed by atoms with Gasteiger partial charge < -0.3 is 5.32 Å². The van der Waals surface area contributed by atoms with Gasteiger partial charge in [-0.25, -0.2) is 9.07 Å². The van der Waals surface area contributed by atoms with Crippen molar-refractivity contribution in [3.63, 3.8) is 0 Å². The Morgan fingerprint density at radius 1 is 1.53 bits per heavy atom. The van der Waals surface area contributed by atoms with Gasteiger partial charge in [-0.15, -0.1) is 0 Å². The van der Waals surface area contributed by atoms with E-state index in [0.717, 1.165) is 0 Å². The molecule has 0 spiro atoms. The molecule has 1 N–H and O–H groups in total. The Balaban J connectivity index is 2.22. The van der Waals surface area contributed by atoms with E-state index in [1.54, 1.807) is 26.1 Å². The van der Waals surface area contributed by atoms with E-state index >= 15 is 0 Å². The van der Waals surface area contributed by atoms with E-state index in [1.807, 2.05) is 0 Å². The molecule has 0 aliphatic heterocycles. The number of hydrogen-bond donors (Lipinski definition) is 1. The zero-order valence-corrected chi connectivity index (χ0v) is 10.6. The number of aromatic nitrogens is 2. The van der Waals surface area contributed by atoms with Crippen LogP contribution in [0, 0.1) is 22.9 Å². The van der Waals surface area contributed by atoms with Crippen LogP contribution in [-0.4, -0.2) is 14.7 Å². The van der Waals surface area contributed by atoms with Gasteiger partial charge in [0.1, 0.15) is 11.5 Å². The van der Waals surface area contributed by atoms with Crippen molar-refractivity contribution < 1.29 is 9.31 Å².